The van der Waals surface area contributed by atoms with Gasteiger partial charge in [-0.15, -0.1) is 0 Å². The number of ether oxygens (including phenoxy) is 2. The number of pyridine rings is 1. The Balaban J connectivity index is 1.42. The third-order valence-corrected chi connectivity index (χ3v) is 7.96. The molecule has 0 unspecified atom stereocenters. The first kappa shape index (κ1) is 30.0. The molecule has 0 bridgehead atoms. The van der Waals surface area contributed by atoms with Gasteiger partial charge in [0.1, 0.15) is 5.56 Å². The maximum atomic E-state index is 12.8. The van der Waals surface area contributed by atoms with Gasteiger partial charge in [-0.25, -0.2) is 10.1 Å². The van der Waals surface area contributed by atoms with Gasteiger partial charge in [-0.05, 0) is 18.6 Å². The Hall–Kier alpha value is -3.51. The number of aromatic amines is 1. The number of hydrogen-bond acceptors (Lipinski definition) is 8. The molecule has 1 amide bonds. The fourth-order valence-electron chi connectivity index (χ4n) is 4.68. The lowest BCUT2D eigenvalue weighted by atomic mass is 10.00. The first-order valence-electron chi connectivity index (χ1n) is 12.9. The number of aliphatic hydroxyl groups is 1. The molecular formula is C29H26Cl3N5O5. The summed E-state index contributed by atoms with van der Waals surface area (Å²) >= 11 is 19.7. The van der Waals surface area contributed by atoms with Crippen molar-refractivity contribution in [2.45, 2.75) is 25.1 Å². The van der Waals surface area contributed by atoms with Crippen molar-refractivity contribution in [2.75, 3.05) is 25.6 Å². The molecule has 2 aromatic carbocycles. The normalized spacial score (nSPS) is 16.7. The minimum absolute atomic E-state index is 0.0815. The molecule has 0 aliphatic carbocycles. The summed E-state index contributed by atoms with van der Waals surface area (Å²) < 4.78 is 10.9. The number of hydrogen-bond donors (Lipinski definition) is 4. The number of methoxy groups -OCH3 is 1. The highest BCUT2D eigenvalue weighted by molar-refractivity contribution is 6.40. The van der Waals surface area contributed by atoms with E-state index in [9.17, 15) is 14.7 Å². The molecule has 218 valence electrons. The van der Waals surface area contributed by atoms with Crippen LogP contribution in [0.2, 0.25) is 15.1 Å². The van der Waals surface area contributed by atoms with Crippen molar-refractivity contribution in [2.24, 2.45) is 0 Å². The maximum absolute atomic E-state index is 12.8. The maximum Gasteiger partial charge on any atom is 0.278 e. The van der Waals surface area contributed by atoms with Gasteiger partial charge in [-0.2, -0.15) is 5.10 Å². The fraction of sp³-hybridized carbons (Fsp3) is 0.241. The predicted octanol–water partition coefficient (Wildman–Crippen LogP) is 4.96. The second kappa shape index (κ2) is 13.2. The van der Waals surface area contributed by atoms with Gasteiger partial charge in [0.15, 0.2) is 0 Å². The van der Waals surface area contributed by atoms with Crippen LogP contribution >= 0.6 is 34.8 Å². The van der Waals surface area contributed by atoms with E-state index in [1.165, 1.54) is 6.20 Å². The average molecular weight is 631 g/mol. The molecule has 13 heteroatoms. The van der Waals surface area contributed by atoms with E-state index in [1.807, 2.05) is 24.3 Å². The molecule has 1 saturated heterocycles. The van der Waals surface area contributed by atoms with Crippen LogP contribution in [0.4, 0.5) is 5.69 Å². The molecule has 2 aromatic heterocycles. The van der Waals surface area contributed by atoms with Gasteiger partial charge in [-0.3, -0.25) is 9.59 Å². The molecule has 4 aromatic rings. The van der Waals surface area contributed by atoms with Crippen LogP contribution in [0.25, 0.3) is 22.4 Å². The number of carbonyl (C=O) groups excluding carboxylic acids is 1. The van der Waals surface area contributed by atoms with Crippen molar-refractivity contribution in [3.8, 4) is 28.3 Å². The molecule has 2 atom stereocenters. The summed E-state index contributed by atoms with van der Waals surface area (Å²) in [5.41, 5.74) is 2.47. The molecule has 0 radical (unpaired) electrons. The van der Waals surface area contributed by atoms with Gasteiger partial charge in [0, 0.05) is 41.4 Å². The van der Waals surface area contributed by atoms with Crippen LogP contribution in [0, 0.1) is 0 Å². The van der Waals surface area contributed by atoms with Crippen molar-refractivity contribution in [1.82, 2.24) is 20.5 Å². The lowest BCUT2D eigenvalue weighted by molar-refractivity contribution is -0.0281. The van der Waals surface area contributed by atoms with Gasteiger partial charge in [0.2, 0.25) is 5.88 Å². The van der Waals surface area contributed by atoms with E-state index in [1.54, 1.807) is 31.4 Å². The Morgan fingerprint density at radius 1 is 1.10 bits per heavy atom. The molecule has 1 aliphatic heterocycles. The summed E-state index contributed by atoms with van der Waals surface area (Å²) in [7, 11) is 1.55. The van der Waals surface area contributed by atoms with Crippen LogP contribution in [0.1, 0.15) is 22.3 Å². The first-order valence-corrected chi connectivity index (χ1v) is 14.1. The van der Waals surface area contributed by atoms with Gasteiger partial charge in [0.05, 0.1) is 52.5 Å². The van der Waals surface area contributed by atoms with Crippen LogP contribution in [0.3, 0.4) is 0 Å². The number of anilines is 1. The van der Waals surface area contributed by atoms with Crippen molar-refractivity contribution >= 4 is 46.4 Å². The van der Waals surface area contributed by atoms with Crippen molar-refractivity contribution in [3.05, 3.63) is 91.3 Å². The molecule has 0 spiro atoms. The zero-order valence-corrected chi connectivity index (χ0v) is 24.6. The van der Waals surface area contributed by atoms with E-state index >= 15 is 0 Å². The average Bonchev–Trinajstić information content (AvgIpc) is 2.98. The van der Waals surface area contributed by atoms with Crippen molar-refractivity contribution in [1.29, 1.82) is 0 Å². The largest absolute Gasteiger partial charge is 0.481 e. The van der Waals surface area contributed by atoms with Gasteiger partial charge in [0.25, 0.3) is 11.5 Å². The number of carbonyl (C=O) groups is 1. The number of nitrogens with zero attached hydrogens (tertiary/aromatic N) is 2. The number of aliphatic hydroxyl groups excluding tert-OH is 1. The number of amides is 1. The molecule has 4 N–H and O–H groups in total. The summed E-state index contributed by atoms with van der Waals surface area (Å²) in [6.07, 6.45) is 1.30. The number of benzene rings is 2. The van der Waals surface area contributed by atoms with Crippen LogP contribution < -0.4 is 20.9 Å². The summed E-state index contributed by atoms with van der Waals surface area (Å²) in [4.78, 5) is 29.6. The molecule has 10 nitrogen and oxygen atoms in total. The standard InChI is InChI=1S/C29H26Cl3N5O5/c1-41-29-15(12-33-21-10-11-42-14-23(21)38)8-9-20(36-29)18-6-2-4-16(25(18)31)17-5-3-7-22(26(17)32)35-27(39)24-19(30)13-34-37-28(24)40/h2-9,13,21,23,33,38H,10-12,14H2,1H3,(H,35,39)(H,37,40)/t21-,23+/m1/s1. The minimum Gasteiger partial charge on any atom is -0.481 e. The predicted molar refractivity (Wildman–Crippen MR) is 162 cm³/mol. The van der Waals surface area contributed by atoms with E-state index < -0.39 is 17.6 Å². The third kappa shape index (κ3) is 6.29. The first-order chi connectivity index (χ1) is 20.3. The molecule has 1 fully saturated rings. The quantitative estimate of drug-likeness (QED) is 0.214. The van der Waals surface area contributed by atoms with Crippen LogP contribution in [-0.2, 0) is 11.3 Å². The minimum atomic E-state index is -0.736. The zero-order valence-electron chi connectivity index (χ0n) is 22.3. The van der Waals surface area contributed by atoms with E-state index in [4.69, 9.17) is 49.3 Å². The Bertz CT molecular complexity index is 1680. The van der Waals surface area contributed by atoms with Gasteiger partial charge >= 0.3 is 0 Å². The molecular weight excluding hydrogens is 605 g/mol. The summed E-state index contributed by atoms with van der Waals surface area (Å²) in [6, 6.07) is 14.2. The summed E-state index contributed by atoms with van der Waals surface area (Å²) in [6.45, 7) is 1.35. The monoisotopic (exact) mass is 629 g/mol. The van der Waals surface area contributed by atoms with E-state index in [0.717, 1.165) is 5.56 Å². The number of nitrogens with one attached hydrogen (secondary N) is 3. The second-order valence-corrected chi connectivity index (χ2v) is 10.7. The van der Waals surface area contributed by atoms with Gasteiger partial charge < -0.3 is 25.2 Å². The molecule has 1 aliphatic rings. The third-order valence-electron chi connectivity index (χ3n) is 6.86. The van der Waals surface area contributed by atoms with Crippen molar-refractivity contribution < 1.29 is 19.4 Å². The molecule has 42 heavy (non-hydrogen) atoms. The second-order valence-electron chi connectivity index (χ2n) is 9.49. The molecule has 0 saturated carbocycles. The zero-order chi connectivity index (χ0) is 29.8. The van der Waals surface area contributed by atoms with Crippen LogP contribution in [-0.4, -0.2) is 58.7 Å². The number of halogens is 3. The summed E-state index contributed by atoms with van der Waals surface area (Å²) in [5, 5.41) is 22.4. The number of rotatable bonds is 8. The smallest absolute Gasteiger partial charge is 0.278 e. The van der Waals surface area contributed by atoms with Gasteiger partial charge in [-0.1, -0.05) is 71.2 Å². The lowest BCUT2D eigenvalue weighted by Crippen LogP contribution is -2.46. The highest BCUT2D eigenvalue weighted by atomic mass is 35.5. The highest BCUT2D eigenvalue weighted by Crippen LogP contribution is 2.41. The fourth-order valence-corrected chi connectivity index (χ4v) is 5.50. The van der Waals surface area contributed by atoms with Crippen molar-refractivity contribution in [3.63, 3.8) is 0 Å². The number of aromatic nitrogens is 3. The highest BCUT2D eigenvalue weighted by Gasteiger charge is 2.24. The molecule has 5 rings (SSSR count). The Kier molecular flexibility index (Phi) is 9.42. The van der Waals surface area contributed by atoms with Crippen LogP contribution in [0.5, 0.6) is 5.88 Å². The van der Waals surface area contributed by atoms with E-state index in [2.05, 4.69) is 20.8 Å². The summed E-state index contributed by atoms with van der Waals surface area (Å²) in [5.74, 6) is -0.310. The Labute approximate surface area is 255 Å². The number of H-pyrrole nitrogens is 1. The lowest BCUT2D eigenvalue weighted by Gasteiger charge is -2.28. The topological polar surface area (TPSA) is 138 Å². The Morgan fingerprint density at radius 2 is 1.83 bits per heavy atom. The van der Waals surface area contributed by atoms with Crippen LogP contribution in [0.15, 0.2) is 59.5 Å². The SMILES string of the molecule is COc1nc(-c2cccc(-c3cccc(NC(=O)c4c(Cl)cn[nH]c4=O)c3Cl)c2Cl)ccc1CN[C@@H]1CCOC[C@@H]1O. The molecule has 3 heterocycles. The van der Waals surface area contributed by atoms with E-state index in [-0.39, 0.29) is 27.3 Å². The Morgan fingerprint density at radius 3 is 2.57 bits per heavy atom. The van der Waals surface area contributed by atoms with E-state index in [0.29, 0.717) is 59.5 Å².